The predicted molar refractivity (Wildman–Crippen MR) is 131 cm³/mol. The first-order chi connectivity index (χ1) is 17.6. The van der Waals surface area contributed by atoms with Crippen LogP contribution in [0.25, 0.3) is 0 Å². The molecule has 2 aromatic carbocycles. The number of thiazole rings is 1. The van der Waals surface area contributed by atoms with Gasteiger partial charge in [-0.3, -0.25) is 14.4 Å². The number of hydrogen-bond donors (Lipinski definition) is 2. The van der Waals surface area contributed by atoms with E-state index < -0.39 is 41.1 Å². The number of imide groups is 1. The number of fused-ring (bicyclic) bond motifs is 9. The van der Waals surface area contributed by atoms with Crippen LogP contribution in [0.4, 0.5) is 18.9 Å². The summed E-state index contributed by atoms with van der Waals surface area (Å²) in [5.41, 5.74) is -0.518. The molecule has 3 aromatic rings. The molecule has 2 aliphatic heterocycles. The summed E-state index contributed by atoms with van der Waals surface area (Å²) in [5, 5.41) is 10.5. The van der Waals surface area contributed by atoms with Crippen molar-refractivity contribution in [3.05, 3.63) is 74.2 Å². The minimum Gasteiger partial charge on any atom is -0.508 e. The molecule has 7 rings (SSSR count). The highest BCUT2D eigenvalue weighted by Gasteiger charge is 2.70. The van der Waals surface area contributed by atoms with Crippen molar-refractivity contribution in [1.82, 2.24) is 4.98 Å². The first-order valence-corrected chi connectivity index (χ1v) is 13.6. The molecule has 2 bridgehead atoms. The van der Waals surface area contributed by atoms with Gasteiger partial charge in [0.25, 0.3) is 0 Å². The van der Waals surface area contributed by atoms with E-state index >= 15 is 0 Å². The number of para-hydroxylation sites is 1. The third kappa shape index (κ3) is 3.16. The normalized spacial score (nSPS) is 32.0. The molecule has 0 spiro atoms. The number of rotatable bonds is 2. The van der Waals surface area contributed by atoms with Crippen LogP contribution in [-0.2, 0) is 15.8 Å². The van der Waals surface area contributed by atoms with Gasteiger partial charge in [0, 0.05) is 16.0 Å². The van der Waals surface area contributed by atoms with Gasteiger partial charge in [-0.25, -0.2) is 4.90 Å². The van der Waals surface area contributed by atoms with Crippen molar-refractivity contribution >= 4 is 40.6 Å². The Morgan fingerprint density at radius 2 is 1.62 bits per heavy atom. The number of thioether (sulfide) groups is 1. The van der Waals surface area contributed by atoms with Crippen LogP contribution in [-0.4, -0.2) is 27.2 Å². The number of aromatic hydroxyl groups is 1. The SMILES string of the molecule is O=C1C2C(C(=O)N1c1ccccc1C(F)(F)F)[C@@H]1C[C@H]2C2Sc3[nH]c(=O)sc3C(c3ccc(O)cc3)C21. The molecule has 2 N–H and O–H groups in total. The lowest BCUT2D eigenvalue weighted by atomic mass is 9.68. The number of carbonyl (C=O) groups is 2. The Labute approximate surface area is 216 Å². The van der Waals surface area contributed by atoms with Crippen LogP contribution < -0.4 is 9.77 Å². The quantitative estimate of drug-likeness (QED) is 0.451. The highest BCUT2D eigenvalue weighted by atomic mass is 32.2. The molecule has 7 atom stereocenters. The molecular formula is C26H19F3N2O4S2. The Morgan fingerprint density at radius 1 is 0.946 bits per heavy atom. The molecule has 2 saturated carbocycles. The number of hydrogen-bond acceptors (Lipinski definition) is 6. The topological polar surface area (TPSA) is 90.5 Å². The largest absolute Gasteiger partial charge is 0.508 e. The average Bonchev–Trinajstić information content (AvgIpc) is 3.58. The molecule has 37 heavy (non-hydrogen) atoms. The number of benzene rings is 2. The van der Waals surface area contributed by atoms with Gasteiger partial charge < -0.3 is 10.1 Å². The zero-order valence-electron chi connectivity index (χ0n) is 18.9. The van der Waals surface area contributed by atoms with Crippen molar-refractivity contribution in [3.63, 3.8) is 0 Å². The monoisotopic (exact) mass is 544 g/mol. The lowest BCUT2D eigenvalue weighted by Crippen LogP contribution is -2.42. The van der Waals surface area contributed by atoms with E-state index in [1.807, 2.05) is 0 Å². The van der Waals surface area contributed by atoms with Crippen molar-refractivity contribution in [2.24, 2.45) is 29.6 Å². The van der Waals surface area contributed by atoms with Crippen LogP contribution in [0.3, 0.4) is 0 Å². The van der Waals surface area contributed by atoms with Gasteiger partial charge in [-0.1, -0.05) is 35.6 Å². The molecule has 3 fully saturated rings. The maximum atomic E-state index is 13.8. The van der Waals surface area contributed by atoms with Crippen LogP contribution in [0, 0.1) is 29.6 Å². The second kappa shape index (κ2) is 7.73. The third-order valence-corrected chi connectivity index (χ3v) is 11.0. The van der Waals surface area contributed by atoms with E-state index in [0.29, 0.717) is 6.42 Å². The van der Waals surface area contributed by atoms with Gasteiger partial charge >= 0.3 is 11.0 Å². The molecule has 190 valence electrons. The highest BCUT2D eigenvalue weighted by molar-refractivity contribution is 8.00. The maximum absolute atomic E-state index is 13.8. The van der Waals surface area contributed by atoms with Crippen LogP contribution in [0.1, 0.15) is 28.3 Å². The molecular weight excluding hydrogens is 525 g/mol. The Balaban J connectivity index is 1.32. The highest BCUT2D eigenvalue weighted by Crippen LogP contribution is 2.68. The fraction of sp³-hybridized carbons (Fsp3) is 0.346. The van der Waals surface area contributed by atoms with E-state index in [9.17, 15) is 32.7 Å². The zero-order chi connectivity index (χ0) is 25.8. The van der Waals surface area contributed by atoms with Crippen molar-refractivity contribution in [2.45, 2.75) is 28.8 Å². The second-order valence-corrected chi connectivity index (χ2v) is 12.3. The summed E-state index contributed by atoms with van der Waals surface area (Å²) in [5.74, 6) is -3.11. The lowest BCUT2D eigenvalue weighted by Gasteiger charge is -2.43. The predicted octanol–water partition coefficient (Wildman–Crippen LogP) is 4.84. The number of aromatic amines is 1. The summed E-state index contributed by atoms with van der Waals surface area (Å²) in [6.07, 6.45) is -4.07. The molecule has 3 heterocycles. The molecule has 11 heteroatoms. The van der Waals surface area contributed by atoms with Crippen LogP contribution in [0.15, 0.2) is 58.4 Å². The molecule has 2 amide bonds. The Bertz CT molecular complexity index is 1510. The summed E-state index contributed by atoms with van der Waals surface area (Å²) in [6.45, 7) is 0. The van der Waals surface area contributed by atoms with Crippen molar-refractivity contribution in [2.75, 3.05) is 4.90 Å². The Kier molecular flexibility index (Phi) is 4.83. The number of aromatic nitrogens is 1. The number of anilines is 1. The van der Waals surface area contributed by atoms with Crippen LogP contribution in [0.5, 0.6) is 5.75 Å². The molecule has 5 unspecified atom stereocenters. The van der Waals surface area contributed by atoms with Gasteiger partial charge in [0.05, 0.1) is 28.1 Å². The van der Waals surface area contributed by atoms with Crippen LogP contribution in [0.2, 0.25) is 0 Å². The number of alkyl halides is 3. The molecule has 4 aliphatic rings. The minimum atomic E-state index is -4.71. The summed E-state index contributed by atoms with van der Waals surface area (Å²) in [4.78, 5) is 44.0. The van der Waals surface area contributed by atoms with Gasteiger partial charge in [0.15, 0.2) is 0 Å². The van der Waals surface area contributed by atoms with Gasteiger partial charge in [-0.05, 0) is 54.0 Å². The van der Waals surface area contributed by atoms with Gasteiger partial charge in [0.2, 0.25) is 11.8 Å². The molecule has 1 saturated heterocycles. The van der Waals surface area contributed by atoms with Crippen molar-refractivity contribution < 1.29 is 27.9 Å². The van der Waals surface area contributed by atoms with E-state index in [4.69, 9.17) is 0 Å². The lowest BCUT2D eigenvalue weighted by molar-refractivity contribution is -0.137. The summed E-state index contributed by atoms with van der Waals surface area (Å²) < 4.78 is 41.3. The number of halogens is 3. The van der Waals surface area contributed by atoms with Crippen molar-refractivity contribution in [3.8, 4) is 5.75 Å². The number of nitrogens with one attached hydrogen (secondary N) is 1. The second-order valence-electron chi connectivity index (χ2n) is 10.1. The van der Waals surface area contributed by atoms with Gasteiger partial charge in [-0.2, -0.15) is 13.2 Å². The van der Waals surface area contributed by atoms with Gasteiger partial charge in [-0.15, -0.1) is 11.8 Å². The summed E-state index contributed by atoms with van der Waals surface area (Å²) in [7, 11) is 0. The Hall–Kier alpha value is -3.05. The molecule has 1 aromatic heterocycles. The van der Waals surface area contributed by atoms with Crippen molar-refractivity contribution in [1.29, 1.82) is 0 Å². The minimum absolute atomic E-state index is 0.0719. The van der Waals surface area contributed by atoms with Crippen LogP contribution >= 0.6 is 23.1 Å². The maximum Gasteiger partial charge on any atom is 0.418 e. The summed E-state index contributed by atoms with van der Waals surface area (Å²) >= 11 is 2.63. The number of phenols is 1. The van der Waals surface area contributed by atoms with E-state index in [1.165, 1.54) is 30.0 Å². The van der Waals surface area contributed by atoms with E-state index in [0.717, 1.165) is 37.8 Å². The molecule has 0 radical (unpaired) electrons. The zero-order valence-corrected chi connectivity index (χ0v) is 20.6. The molecule has 6 nitrogen and oxygen atoms in total. The number of amides is 2. The van der Waals surface area contributed by atoms with E-state index in [2.05, 4.69) is 4.98 Å². The first kappa shape index (κ1) is 23.1. The standard InChI is InChI=1S/C26H19F3N2O4S2/c27-26(28,29)14-3-1-2-4-15(14)31-23(33)18-12-9-13(19(18)24(31)34)20-17(12)16(10-5-7-11(32)8-6-10)21-22(36-20)30-25(35)37-21/h1-8,12-13,16-20,32H,9H2,(H,30,35)/t12-,13-,16?,17?,18?,19?,20?/m1/s1. The number of H-pyrrole nitrogens is 1. The number of phenolic OH excluding ortho intramolecular Hbond substituents is 1. The summed E-state index contributed by atoms with van der Waals surface area (Å²) in [6, 6.07) is 11.5. The third-order valence-electron chi connectivity index (χ3n) is 8.43. The smallest absolute Gasteiger partial charge is 0.418 e. The van der Waals surface area contributed by atoms with E-state index in [-0.39, 0.29) is 39.5 Å². The Morgan fingerprint density at radius 3 is 2.32 bits per heavy atom. The first-order valence-electron chi connectivity index (χ1n) is 11.9. The fourth-order valence-electron chi connectivity index (χ4n) is 7.22. The average molecular weight is 545 g/mol. The van der Waals surface area contributed by atoms with E-state index in [1.54, 1.807) is 24.3 Å². The molecule has 2 aliphatic carbocycles. The number of carbonyl (C=O) groups excluding carboxylic acids is 2. The van der Waals surface area contributed by atoms with Gasteiger partial charge in [0.1, 0.15) is 5.75 Å². The number of nitrogens with zero attached hydrogens (tertiary/aromatic N) is 1. The fourth-order valence-corrected chi connectivity index (χ4v) is 10.1.